The third-order valence-electron chi connectivity index (χ3n) is 4.10. The van der Waals surface area contributed by atoms with Gasteiger partial charge in [-0.25, -0.2) is 13.4 Å². The van der Waals surface area contributed by atoms with Crippen molar-refractivity contribution in [2.24, 2.45) is 0 Å². The second-order valence-electron chi connectivity index (χ2n) is 6.17. The van der Waals surface area contributed by atoms with Crippen LogP contribution in [-0.4, -0.2) is 41.9 Å². The fourth-order valence-corrected chi connectivity index (χ4v) is 3.31. The highest BCUT2D eigenvalue weighted by Crippen LogP contribution is 2.30. The minimum Gasteiger partial charge on any atom is -0.455 e. The molecule has 0 radical (unpaired) electrons. The quantitative estimate of drug-likeness (QED) is 0.547. The van der Waals surface area contributed by atoms with Gasteiger partial charge in [0.05, 0.1) is 11.1 Å². The summed E-state index contributed by atoms with van der Waals surface area (Å²) in [7, 11) is -3.42. The molecule has 1 fully saturated rings. The smallest absolute Gasteiger partial charge is 0.270 e. The van der Waals surface area contributed by atoms with Gasteiger partial charge in [0.1, 0.15) is 11.5 Å². The van der Waals surface area contributed by atoms with Crippen LogP contribution < -0.4 is 4.74 Å². The first-order chi connectivity index (χ1) is 12.7. The van der Waals surface area contributed by atoms with Crippen LogP contribution in [0.4, 0.5) is 5.69 Å². The summed E-state index contributed by atoms with van der Waals surface area (Å²) in [6.07, 6.45) is 3.53. The number of nitrogens with zero attached hydrogens (tertiary/aromatic N) is 3. The van der Waals surface area contributed by atoms with Gasteiger partial charge < -0.3 is 9.64 Å². The van der Waals surface area contributed by atoms with Crippen molar-refractivity contribution in [2.75, 3.05) is 12.8 Å². The number of nitro benzene ring substituents is 1. The normalized spacial score (nSPS) is 14.4. The fourth-order valence-electron chi connectivity index (χ4n) is 2.75. The third kappa shape index (κ3) is 4.40. The summed E-state index contributed by atoms with van der Waals surface area (Å²) in [6, 6.07) is 6.91. The highest BCUT2D eigenvalue weighted by molar-refractivity contribution is 7.90. The van der Waals surface area contributed by atoms with Crippen molar-refractivity contribution >= 4 is 21.4 Å². The van der Waals surface area contributed by atoms with Crippen molar-refractivity contribution < 1.29 is 22.9 Å². The number of benzene rings is 1. The van der Waals surface area contributed by atoms with E-state index >= 15 is 0 Å². The van der Waals surface area contributed by atoms with Crippen molar-refractivity contribution in [3.8, 4) is 11.5 Å². The summed E-state index contributed by atoms with van der Waals surface area (Å²) in [5, 5.41) is 11.0. The fraction of sp³-hybridized carbons (Fsp3) is 0.294. The van der Waals surface area contributed by atoms with Crippen molar-refractivity contribution in [2.45, 2.75) is 24.4 Å². The van der Waals surface area contributed by atoms with E-state index in [1.807, 2.05) is 0 Å². The Bertz CT molecular complexity index is 988. The van der Waals surface area contributed by atoms with E-state index in [1.54, 1.807) is 4.90 Å². The summed E-state index contributed by atoms with van der Waals surface area (Å²) in [6.45, 7) is 0.788. The van der Waals surface area contributed by atoms with Gasteiger partial charge in [0.2, 0.25) is 5.91 Å². The SMILES string of the molecule is CS(=O)(=O)c1ccc(Oc2ccc([N+](=O)[O-])cc2CN2CCCC2=O)cn1. The lowest BCUT2D eigenvalue weighted by molar-refractivity contribution is -0.384. The maximum Gasteiger partial charge on any atom is 0.270 e. The molecular formula is C17H17N3O6S. The molecule has 2 heterocycles. The van der Waals surface area contributed by atoms with E-state index in [2.05, 4.69) is 4.98 Å². The standard InChI is InChI=1S/C17H17N3O6S/c1-27(24,25)16-7-5-14(10-18-16)26-15-6-4-13(20(22)23)9-12(15)11-19-8-2-3-17(19)21/h4-7,9-10H,2-3,8,11H2,1H3. The van der Waals surface area contributed by atoms with Crippen molar-refractivity contribution in [3.05, 3.63) is 52.2 Å². The second-order valence-corrected chi connectivity index (χ2v) is 8.14. The molecule has 1 aliphatic rings. The van der Waals surface area contributed by atoms with E-state index in [0.717, 1.165) is 12.7 Å². The van der Waals surface area contributed by atoms with Gasteiger partial charge in [-0.2, -0.15) is 0 Å². The third-order valence-corrected chi connectivity index (χ3v) is 5.11. The first-order valence-electron chi connectivity index (χ1n) is 8.13. The van der Waals surface area contributed by atoms with Crippen LogP contribution in [0.25, 0.3) is 0 Å². The van der Waals surface area contributed by atoms with Crippen LogP contribution in [0.3, 0.4) is 0 Å². The predicted octanol–water partition coefficient (Wildman–Crippen LogP) is 2.31. The first-order valence-corrected chi connectivity index (χ1v) is 10.0. The number of hydrogen-bond acceptors (Lipinski definition) is 7. The molecule has 0 N–H and O–H groups in total. The van der Waals surface area contributed by atoms with Crippen molar-refractivity contribution in [1.82, 2.24) is 9.88 Å². The average molecular weight is 391 g/mol. The summed E-state index contributed by atoms with van der Waals surface area (Å²) < 4.78 is 28.7. The second kappa shape index (κ2) is 7.31. The minimum absolute atomic E-state index is 0.00775. The molecule has 10 heteroatoms. The van der Waals surface area contributed by atoms with Gasteiger partial charge in [0, 0.05) is 43.5 Å². The number of hydrogen-bond donors (Lipinski definition) is 0. The number of non-ortho nitro benzene ring substituents is 1. The monoisotopic (exact) mass is 391 g/mol. The van der Waals surface area contributed by atoms with E-state index in [4.69, 9.17) is 4.74 Å². The van der Waals surface area contributed by atoms with Crippen LogP contribution in [0.5, 0.6) is 11.5 Å². The number of carbonyl (C=O) groups excluding carboxylic acids is 1. The molecule has 0 bridgehead atoms. The Kier molecular flexibility index (Phi) is 5.08. The molecule has 0 atom stereocenters. The highest BCUT2D eigenvalue weighted by Gasteiger charge is 2.23. The van der Waals surface area contributed by atoms with Crippen LogP contribution in [0.1, 0.15) is 18.4 Å². The zero-order valence-electron chi connectivity index (χ0n) is 14.5. The molecule has 3 rings (SSSR count). The molecular weight excluding hydrogens is 374 g/mol. The van der Waals surface area contributed by atoms with Gasteiger partial charge in [-0.15, -0.1) is 0 Å². The van der Waals surface area contributed by atoms with E-state index < -0.39 is 14.8 Å². The zero-order valence-corrected chi connectivity index (χ0v) is 15.3. The van der Waals surface area contributed by atoms with Gasteiger partial charge in [0.15, 0.2) is 14.9 Å². The molecule has 1 saturated heterocycles. The number of carbonyl (C=O) groups is 1. The maximum atomic E-state index is 11.9. The van der Waals surface area contributed by atoms with E-state index in [1.165, 1.54) is 36.5 Å². The molecule has 1 amide bonds. The van der Waals surface area contributed by atoms with Gasteiger partial charge in [-0.1, -0.05) is 0 Å². The molecule has 0 saturated carbocycles. The molecule has 1 aromatic carbocycles. The van der Waals surface area contributed by atoms with Crippen molar-refractivity contribution in [3.63, 3.8) is 0 Å². The van der Waals surface area contributed by atoms with Gasteiger partial charge in [-0.05, 0) is 24.6 Å². The van der Waals surface area contributed by atoms with Crippen LogP contribution in [0.15, 0.2) is 41.6 Å². The van der Waals surface area contributed by atoms with Gasteiger partial charge in [0.25, 0.3) is 5.69 Å². The molecule has 1 aromatic heterocycles. The Morgan fingerprint density at radius 3 is 2.63 bits per heavy atom. The Hall–Kier alpha value is -3.01. The number of aromatic nitrogens is 1. The first kappa shape index (κ1) is 18.8. The maximum absolute atomic E-state index is 11.9. The topological polar surface area (TPSA) is 120 Å². The summed E-state index contributed by atoms with van der Waals surface area (Å²) >= 11 is 0. The van der Waals surface area contributed by atoms with Gasteiger partial charge >= 0.3 is 0 Å². The number of sulfone groups is 1. The summed E-state index contributed by atoms with van der Waals surface area (Å²) in [5.41, 5.74) is 0.390. The minimum atomic E-state index is -3.42. The van der Waals surface area contributed by atoms with E-state index in [9.17, 15) is 23.3 Å². The van der Waals surface area contributed by atoms with Crippen LogP contribution in [0, 0.1) is 10.1 Å². The largest absolute Gasteiger partial charge is 0.455 e. The Morgan fingerprint density at radius 2 is 2.07 bits per heavy atom. The number of ether oxygens (including phenoxy) is 1. The number of rotatable bonds is 6. The molecule has 142 valence electrons. The van der Waals surface area contributed by atoms with Crippen LogP contribution >= 0.6 is 0 Å². The predicted molar refractivity (Wildman–Crippen MR) is 95.2 cm³/mol. The Morgan fingerprint density at radius 1 is 1.30 bits per heavy atom. The molecule has 0 spiro atoms. The van der Waals surface area contributed by atoms with Crippen LogP contribution in [-0.2, 0) is 21.2 Å². The summed E-state index contributed by atoms with van der Waals surface area (Å²) in [5.74, 6) is 0.617. The van der Waals surface area contributed by atoms with E-state index in [-0.39, 0.29) is 28.9 Å². The number of pyridine rings is 1. The lowest BCUT2D eigenvalue weighted by Gasteiger charge is -2.18. The Labute approximate surface area is 155 Å². The highest BCUT2D eigenvalue weighted by atomic mass is 32.2. The molecule has 0 aliphatic carbocycles. The molecule has 1 aliphatic heterocycles. The zero-order chi connectivity index (χ0) is 19.6. The molecule has 0 unspecified atom stereocenters. The summed E-state index contributed by atoms with van der Waals surface area (Å²) in [4.78, 5) is 27.9. The van der Waals surface area contributed by atoms with Crippen molar-refractivity contribution in [1.29, 1.82) is 0 Å². The average Bonchev–Trinajstić information content (AvgIpc) is 3.01. The molecule has 2 aromatic rings. The van der Waals surface area contributed by atoms with E-state index in [0.29, 0.717) is 24.3 Å². The number of nitro groups is 1. The number of likely N-dealkylation sites (tertiary alicyclic amines) is 1. The number of amides is 1. The van der Waals surface area contributed by atoms with Crippen LogP contribution in [0.2, 0.25) is 0 Å². The Balaban J connectivity index is 1.89. The molecule has 9 nitrogen and oxygen atoms in total. The lowest BCUT2D eigenvalue weighted by Crippen LogP contribution is -2.24. The van der Waals surface area contributed by atoms with Gasteiger partial charge in [-0.3, -0.25) is 14.9 Å². The molecule has 27 heavy (non-hydrogen) atoms. The lowest BCUT2D eigenvalue weighted by atomic mass is 10.1.